The van der Waals surface area contributed by atoms with Crippen LogP contribution in [0.25, 0.3) is 11.1 Å². The van der Waals surface area contributed by atoms with E-state index in [1.165, 1.54) is 11.9 Å². The maximum Gasteiger partial charge on any atom is 0.263 e. The number of rotatable bonds is 6. The van der Waals surface area contributed by atoms with Gasteiger partial charge in [-0.05, 0) is 45.1 Å². The Morgan fingerprint density at radius 3 is 2.76 bits per heavy atom. The van der Waals surface area contributed by atoms with Gasteiger partial charge in [0.1, 0.15) is 17.5 Å². The molecule has 0 spiro atoms. The number of carbonyl (C=O) groups is 1. The summed E-state index contributed by atoms with van der Waals surface area (Å²) in [5.74, 6) is 1.06. The minimum atomic E-state index is 0.0475. The van der Waals surface area contributed by atoms with Crippen LogP contribution in [0.1, 0.15) is 37.4 Å². The molecular formula is C22H27N5O2. The normalized spacial score (nSPS) is 16.1. The molecule has 1 aliphatic heterocycles. The number of aryl methyl sites for hydroxylation is 2. The van der Waals surface area contributed by atoms with Crippen molar-refractivity contribution < 1.29 is 9.32 Å². The quantitative estimate of drug-likeness (QED) is 0.692. The Morgan fingerprint density at radius 2 is 2.00 bits per heavy atom. The number of piperidine rings is 1. The fraction of sp³-hybridized carbons (Fsp3) is 0.455. The Bertz CT molecular complexity index is 964. The number of amides is 1. The zero-order valence-electron chi connectivity index (χ0n) is 17.0. The van der Waals surface area contributed by atoms with E-state index in [2.05, 4.69) is 56.5 Å². The first kappa shape index (κ1) is 19.4. The molecule has 0 aliphatic carbocycles. The van der Waals surface area contributed by atoms with Gasteiger partial charge in [-0.25, -0.2) is 4.98 Å². The summed E-state index contributed by atoms with van der Waals surface area (Å²) in [7, 11) is 0. The van der Waals surface area contributed by atoms with Crippen molar-refractivity contribution in [3.05, 3.63) is 47.9 Å². The molecule has 152 valence electrons. The summed E-state index contributed by atoms with van der Waals surface area (Å²) in [4.78, 5) is 23.5. The van der Waals surface area contributed by atoms with Crippen molar-refractivity contribution in [2.24, 2.45) is 5.92 Å². The van der Waals surface area contributed by atoms with Crippen LogP contribution in [0, 0.1) is 12.8 Å². The van der Waals surface area contributed by atoms with E-state index in [1.54, 1.807) is 0 Å². The molecule has 1 saturated heterocycles. The SMILES string of the molecule is Cc1noc2ncnc(N3CCC(C(=O)N[C@H](C)CCc4ccccc4)CC3)c12. The molecule has 0 saturated carbocycles. The van der Waals surface area contributed by atoms with E-state index in [0.29, 0.717) is 5.71 Å². The molecule has 1 aliphatic rings. The minimum absolute atomic E-state index is 0.0475. The largest absolute Gasteiger partial charge is 0.356 e. The van der Waals surface area contributed by atoms with Crippen LogP contribution in [0.3, 0.4) is 0 Å². The Morgan fingerprint density at radius 1 is 1.24 bits per heavy atom. The lowest BCUT2D eigenvalue weighted by molar-refractivity contribution is -0.126. The molecule has 29 heavy (non-hydrogen) atoms. The average molecular weight is 393 g/mol. The highest BCUT2D eigenvalue weighted by atomic mass is 16.5. The fourth-order valence-electron chi connectivity index (χ4n) is 3.96. The van der Waals surface area contributed by atoms with Gasteiger partial charge >= 0.3 is 0 Å². The maximum absolute atomic E-state index is 12.7. The zero-order valence-corrected chi connectivity index (χ0v) is 17.0. The van der Waals surface area contributed by atoms with Gasteiger partial charge in [0.2, 0.25) is 5.91 Å². The third kappa shape index (κ3) is 4.39. The van der Waals surface area contributed by atoms with Crippen molar-refractivity contribution in [3.63, 3.8) is 0 Å². The second kappa shape index (κ2) is 8.59. The number of carbonyl (C=O) groups excluding carboxylic acids is 1. The van der Waals surface area contributed by atoms with Gasteiger partial charge in [0.05, 0.1) is 5.69 Å². The highest BCUT2D eigenvalue weighted by Crippen LogP contribution is 2.29. The van der Waals surface area contributed by atoms with Crippen LogP contribution in [-0.2, 0) is 11.2 Å². The molecule has 4 rings (SSSR count). The van der Waals surface area contributed by atoms with Gasteiger partial charge in [-0.1, -0.05) is 35.5 Å². The lowest BCUT2D eigenvalue weighted by Gasteiger charge is -2.32. The van der Waals surface area contributed by atoms with E-state index in [0.717, 1.165) is 55.7 Å². The summed E-state index contributed by atoms with van der Waals surface area (Å²) in [6.07, 6.45) is 5.05. The molecule has 1 fully saturated rings. The number of hydrogen-bond donors (Lipinski definition) is 1. The van der Waals surface area contributed by atoms with E-state index < -0.39 is 0 Å². The lowest BCUT2D eigenvalue weighted by atomic mass is 9.95. The smallest absolute Gasteiger partial charge is 0.263 e. The van der Waals surface area contributed by atoms with Crippen LogP contribution in [0.15, 0.2) is 41.2 Å². The third-order valence-corrected chi connectivity index (χ3v) is 5.69. The van der Waals surface area contributed by atoms with Crippen LogP contribution < -0.4 is 10.2 Å². The number of hydrogen-bond acceptors (Lipinski definition) is 6. The van der Waals surface area contributed by atoms with Crippen molar-refractivity contribution in [2.75, 3.05) is 18.0 Å². The standard InChI is InChI=1S/C22H27N5O2/c1-15(8-9-17-6-4-3-5-7-17)25-21(28)18-10-12-27(13-11-18)20-19-16(2)26-29-22(19)24-14-23-20/h3-7,14-15,18H,8-13H2,1-2H3,(H,25,28)/t15-/m1/s1. The van der Waals surface area contributed by atoms with Gasteiger partial charge in [0.15, 0.2) is 0 Å². The summed E-state index contributed by atoms with van der Waals surface area (Å²) in [6, 6.07) is 10.6. The summed E-state index contributed by atoms with van der Waals surface area (Å²) in [6.45, 7) is 5.55. The summed E-state index contributed by atoms with van der Waals surface area (Å²) < 4.78 is 5.25. The second-order valence-electron chi connectivity index (χ2n) is 7.84. The number of anilines is 1. The van der Waals surface area contributed by atoms with Crippen LogP contribution in [-0.4, -0.2) is 40.2 Å². The maximum atomic E-state index is 12.7. The molecule has 7 heteroatoms. The predicted molar refractivity (Wildman–Crippen MR) is 112 cm³/mol. The molecule has 0 bridgehead atoms. The summed E-state index contributed by atoms with van der Waals surface area (Å²) in [5, 5.41) is 8.06. The summed E-state index contributed by atoms with van der Waals surface area (Å²) >= 11 is 0. The predicted octanol–water partition coefficient (Wildman–Crippen LogP) is 3.28. The highest BCUT2D eigenvalue weighted by Gasteiger charge is 2.28. The fourth-order valence-corrected chi connectivity index (χ4v) is 3.96. The minimum Gasteiger partial charge on any atom is -0.356 e. The molecule has 2 aromatic heterocycles. The first-order chi connectivity index (χ1) is 14.1. The number of benzene rings is 1. The van der Waals surface area contributed by atoms with E-state index in [4.69, 9.17) is 4.52 Å². The number of nitrogens with zero attached hydrogens (tertiary/aromatic N) is 4. The molecule has 3 heterocycles. The van der Waals surface area contributed by atoms with Crippen molar-refractivity contribution in [1.29, 1.82) is 0 Å². The average Bonchev–Trinajstić information content (AvgIpc) is 3.14. The van der Waals surface area contributed by atoms with E-state index in [1.807, 2.05) is 13.0 Å². The molecular weight excluding hydrogens is 366 g/mol. The van der Waals surface area contributed by atoms with Crippen molar-refractivity contribution in [1.82, 2.24) is 20.4 Å². The zero-order chi connectivity index (χ0) is 20.2. The van der Waals surface area contributed by atoms with Crippen LogP contribution in [0.4, 0.5) is 5.82 Å². The molecule has 1 amide bonds. The Balaban J connectivity index is 1.30. The third-order valence-electron chi connectivity index (χ3n) is 5.69. The van der Waals surface area contributed by atoms with E-state index in [-0.39, 0.29) is 17.9 Å². The molecule has 1 aromatic carbocycles. The number of nitrogens with one attached hydrogen (secondary N) is 1. The first-order valence-electron chi connectivity index (χ1n) is 10.3. The number of aromatic nitrogens is 3. The van der Waals surface area contributed by atoms with Crippen molar-refractivity contribution >= 4 is 22.8 Å². The van der Waals surface area contributed by atoms with Gasteiger partial charge in [0.25, 0.3) is 5.71 Å². The van der Waals surface area contributed by atoms with Gasteiger partial charge in [-0.3, -0.25) is 4.79 Å². The van der Waals surface area contributed by atoms with E-state index >= 15 is 0 Å². The van der Waals surface area contributed by atoms with Gasteiger partial charge in [0, 0.05) is 25.0 Å². The van der Waals surface area contributed by atoms with Gasteiger partial charge < -0.3 is 14.7 Å². The molecule has 1 N–H and O–H groups in total. The molecule has 0 unspecified atom stereocenters. The van der Waals surface area contributed by atoms with E-state index in [9.17, 15) is 4.79 Å². The molecule has 1 atom stereocenters. The molecule has 3 aromatic rings. The summed E-state index contributed by atoms with van der Waals surface area (Å²) in [5.41, 5.74) is 2.62. The van der Waals surface area contributed by atoms with Crippen molar-refractivity contribution in [2.45, 2.75) is 45.6 Å². The number of fused-ring (bicyclic) bond motifs is 1. The molecule has 0 radical (unpaired) electrons. The van der Waals surface area contributed by atoms with Crippen LogP contribution in [0.5, 0.6) is 0 Å². The van der Waals surface area contributed by atoms with Gasteiger partial charge in [-0.2, -0.15) is 4.98 Å². The van der Waals surface area contributed by atoms with Crippen molar-refractivity contribution in [3.8, 4) is 0 Å². The Kier molecular flexibility index (Phi) is 5.74. The topological polar surface area (TPSA) is 84.2 Å². The highest BCUT2D eigenvalue weighted by molar-refractivity contribution is 5.88. The second-order valence-corrected chi connectivity index (χ2v) is 7.84. The van der Waals surface area contributed by atoms with Crippen LogP contribution >= 0.6 is 0 Å². The monoisotopic (exact) mass is 393 g/mol. The van der Waals surface area contributed by atoms with Crippen LogP contribution in [0.2, 0.25) is 0 Å². The Hall–Kier alpha value is -2.96. The van der Waals surface area contributed by atoms with Gasteiger partial charge in [-0.15, -0.1) is 0 Å². The Labute approximate surface area is 170 Å². The first-order valence-corrected chi connectivity index (χ1v) is 10.3. The lowest BCUT2D eigenvalue weighted by Crippen LogP contribution is -2.43. The molecule has 7 nitrogen and oxygen atoms in total.